The molecule has 1 heterocycles. The summed E-state index contributed by atoms with van der Waals surface area (Å²) in [5.74, 6) is 2.00. The van der Waals surface area contributed by atoms with Crippen molar-refractivity contribution in [3.63, 3.8) is 0 Å². The van der Waals surface area contributed by atoms with Gasteiger partial charge in [0.1, 0.15) is 11.5 Å². The van der Waals surface area contributed by atoms with Gasteiger partial charge in [-0.3, -0.25) is 4.79 Å². The third-order valence-corrected chi connectivity index (χ3v) is 3.14. The summed E-state index contributed by atoms with van der Waals surface area (Å²) in [6.45, 7) is 2.54. The molecule has 88 valence electrons. The van der Waals surface area contributed by atoms with Crippen LogP contribution in [0.25, 0.3) is 0 Å². The van der Waals surface area contributed by atoms with Crippen LogP contribution >= 0.6 is 15.9 Å². The molecule has 1 aliphatic rings. The lowest BCUT2D eigenvalue weighted by atomic mass is 10.3. The second kappa shape index (κ2) is 5.04. The first-order valence-corrected chi connectivity index (χ1v) is 6.73. The van der Waals surface area contributed by atoms with E-state index in [9.17, 15) is 4.79 Å². The van der Waals surface area contributed by atoms with E-state index in [4.69, 9.17) is 4.42 Å². The molecule has 1 fully saturated rings. The average Bonchev–Trinajstić information content (AvgIpc) is 3.00. The summed E-state index contributed by atoms with van der Waals surface area (Å²) < 4.78 is 5.51. The zero-order valence-corrected chi connectivity index (χ0v) is 11.0. The predicted molar refractivity (Wildman–Crippen MR) is 65.4 cm³/mol. The SMILES string of the molecule is Cc1ccc(CN(C(=O)CCBr)C2CC2)o1. The number of nitrogens with zero attached hydrogens (tertiary/aromatic N) is 1. The molecule has 1 amide bonds. The summed E-state index contributed by atoms with van der Waals surface area (Å²) in [4.78, 5) is 13.8. The van der Waals surface area contributed by atoms with Crippen LogP contribution < -0.4 is 0 Å². The van der Waals surface area contributed by atoms with Gasteiger partial charge in [-0.15, -0.1) is 0 Å². The van der Waals surface area contributed by atoms with Gasteiger partial charge in [-0.25, -0.2) is 0 Å². The number of alkyl halides is 1. The van der Waals surface area contributed by atoms with Crippen LogP contribution in [0.1, 0.15) is 30.8 Å². The van der Waals surface area contributed by atoms with E-state index in [1.165, 1.54) is 0 Å². The van der Waals surface area contributed by atoms with Crippen molar-refractivity contribution in [3.05, 3.63) is 23.7 Å². The van der Waals surface area contributed by atoms with Crippen molar-refractivity contribution in [2.75, 3.05) is 5.33 Å². The Kier molecular flexibility index (Phi) is 3.69. The molecule has 0 aliphatic heterocycles. The third-order valence-electron chi connectivity index (χ3n) is 2.74. The fourth-order valence-electron chi connectivity index (χ4n) is 1.77. The van der Waals surface area contributed by atoms with Crippen LogP contribution in [0.4, 0.5) is 0 Å². The van der Waals surface area contributed by atoms with Crippen molar-refractivity contribution in [1.82, 2.24) is 4.90 Å². The maximum Gasteiger partial charge on any atom is 0.224 e. The van der Waals surface area contributed by atoms with E-state index in [0.717, 1.165) is 29.7 Å². The minimum atomic E-state index is 0.216. The monoisotopic (exact) mass is 285 g/mol. The van der Waals surface area contributed by atoms with Crippen LogP contribution in [-0.4, -0.2) is 22.2 Å². The fourth-order valence-corrected chi connectivity index (χ4v) is 2.11. The fraction of sp³-hybridized carbons (Fsp3) is 0.583. The van der Waals surface area contributed by atoms with E-state index >= 15 is 0 Å². The molecule has 3 nitrogen and oxygen atoms in total. The molecule has 0 saturated heterocycles. The Morgan fingerprint density at radius 1 is 1.56 bits per heavy atom. The normalized spacial score (nSPS) is 15.1. The number of hydrogen-bond donors (Lipinski definition) is 0. The summed E-state index contributed by atoms with van der Waals surface area (Å²) in [7, 11) is 0. The van der Waals surface area contributed by atoms with E-state index in [2.05, 4.69) is 15.9 Å². The molecule has 0 aromatic carbocycles. The molecular formula is C12H16BrNO2. The molecule has 4 heteroatoms. The molecule has 2 rings (SSSR count). The van der Waals surface area contributed by atoms with Gasteiger partial charge in [0, 0.05) is 17.8 Å². The van der Waals surface area contributed by atoms with Crippen LogP contribution in [-0.2, 0) is 11.3 Å². The molecule has 0 atom stereocenters. The number of rotatable bonds is 5. The smallest absolute Gasteiger partial charge is 0.224 e. The Morgan fingerprint density at radius 3 is 2.81 bits per heavy atom. The summed E-state index contributed by atoms with van der Waals surface area (Å²) in [5.41, 5.74) is 0. The van der Waals surface area contributed by atoms with Gasteiger partial charge in [-0.1, -0.05) is 15.9 Å². The number of halogens is 1. The first-order valence-electron chi connectivity index (χ1n) is 5.61. The van der Waals surface area contributed by atoms with Gasteiger partial charge in [-0.05, 0) is 31.9 Å². The van der Waals surface area contributed by atoms with Gasteiger partial charge in [0.25, 0.3) is 0 Å². The summed E-state index contributed by atoms with van der Waals surface area (Å²) in [5, 5.41) is 0.728. The van der Waals surface area contributed by atoms with Crippen LogP contribution in [0.5, 0.6) is 0 Å². The van der Waals surface area contributed by atoms with Crippen LogP contribution in [0.15, 0.2) is 16.5 Å². The molecule has 1 aromatic rings. The predicted octanol–water partition coefficient (Wildman–Crippen LogP) is 2.86. The topological polar surface area (TPSA) is 33.5 Å². The Morgan fingerprint density at radius 2 is 2.31 bits per heavy atom. The first kappa shape index (κ1) is 11.7. The lowest BCUT2D eigenvalue weighted by molar-refractivity contribution is -0.132. The van der Waals surface area contributed by atoms with Gasteiger partial charge >= 0.3 is 0 Å². The summed E-state index contributed by atoms with van der Waals surface area (Å²) >= 11 is 3.31. The lowest BCUT2D eigenvalue weighted by Gasteiger charge is -2.20. The first-order chi connectivity index (χ1) is 7.70. The Bertz CT molecular complexity index is 371. The summed E-state index contributed by atoms with van der Waals surface area (Å²) in [6, 6.07) is 4.33. The molecule has 0 spiro atoms. The number of furan rings is 1. The summed E-state index contributed by atoms with van der Waals surface area (Å²) in [6.07, 6.45) is 2.83. The standard InChI is InChI=1S/C12H16BrNO2/c1-9-2-5-11(16-9)8-14(10-3-4-10)12(15)6-7-13/h2,5,10H,3-4,6-8H2,1H3. The van der Waals surface area contributed by atoms with Gasteiger partial charge in [0.2, 0.25) is 5.91 Å². The molecule has 1 aromatic heterocycles. The second-order valence-electron chi connectivity index (χ2n) is 4.20. The van der Waals surface area contributed by atoms with Crippen LogP contribution in [0.2, 0.25) is 0 Å². The van der Waals surface area contributed by atoms with Gasteiger partial charge in [-0.2, -0.15) is 0 Å². The number of amides is 1. The van der Waals surface area contributed by atoms with Crippen LogP contribution in [0, 0.1) is 6.92 Å². The van der Waals surface area contributed by atoms with Crippen molar-refractivity contribution in [2.45, 2.75) is 38.8 Å². The highest BCUT2D eigenvalue weighted by molar-refractivity contribution is 9.09. The number of carbonyl (C=O) groups excluding carboxylic acids is 1. The van der Waals surface area contributed by atoms with Crippen molar-refractivity contribution in [2.24, 2.45) is 0 Å². The zero-order chi connectivity index (χ0) is 11.5. The lowest BCUT2D eigenvalue weighted by Crippen LogP contribution is -2.32. The van der Waals surface area contributed by atoms with Crippen molar-refractivity contribution in [3.8, 4) is 0 Å². The van der Waals surface area contributed by atoms with Gasteiger partial charge in [0.15, 0.2) is 0 Å². The minimum Gasteiger partial charge on any atom is -0.464 e. The molecule has 0 radical (unpaired) electrons. The van der Waals surface area contributed by atoms with Gasteiger partial charge in [0.05, 0.1) is 6.54 Å². The average molecular weight is 286 g/mol. The van der Waals surface area contributed by atoms with E-state index in [1.54, 1.807) is 0 Å². The molecule has 1 saturated carbocycles. The van der Waals surface area contributed by atoms with Crippen molar-refractivity contribution < 1.29 is 9.21 Å². The molecule has 16 heavy (non-hydrogen) atoms. The minimum absolute atomic E-state index is 0.216. The van der Waals surface area contributed by atoms with Crippen molar-refractivity contribution >= 4 is 21.8 Å². The maximum absolute atomic E-state index is 11.9. The number of hydrogen-bond acceptors (Lipinski definition) is 2. The largest absolute Gasteiger partial charge is 0.464 e. The van der Waals surface area contributed by atoms with E-state index in [-0.39, 0.29) is 5.91 Å². The maximum atomic E-state index is 11.9. The van der Waals surface area contributed by atoms with E-state index < -0.39 is 0 Å². The van der Waals surface area contributed by atoms with Crippen LogP contribution in [0.3, 0.4) is 0 Å². The Balaban J connectivity index is 2.00. The highest BCUT2D eigenvalue weighted by Gasteiger charge is 2.32. The quantitative estimate of drug-likeness (QED) is 0.780. The molecule has 1 aliphatic carbocycles. The van der Waals surface area contributed by atoms with Crippen molar-refractivity contribution in [1.29, 1.82) is 0 Å². The highest BCUT2D eigenvalue weighted by Crippen LogP contribution is 2.29. The molecular weight excluding hydrogens is 270 g/mol. The number of aryl methyl sites for hydroxylation is 1. The third kappa shape index (κ3) is 2.88. The van der Waals surface area contributed by atoms with Gasteiger partial charge < -0.3 is 9.32 Å². The Hall–Kier alpha value is -0.770. The highest BCUT2D eigenvalue weighted by atomic mass is 79.9. The second-order valence-corrected chi connectivity index (χ2v) is 5.00. The number of carbonyl (C=O) groups is 1. The van der Waals surface area contributed by atoms with E-state index in [0.29, 0.717) is 19.0 Å². The zero-order valence-electron chi connectivity index (χ0n) is 9.41. The molecule has 0 unspecified atom stereocenters. The molecule has 0 bridgehead atoms. The Labute approximate surface area is 104 Å². The van der Waals surface area contributed by atoms with E-state index in [1.807, 2.05) is 24.0 Å². The molecule has 0 N–H and O–H groups in total.